The summed E-state index contributed by atoms with van der Waals surface area (Å²) in [5, 5.41) is 12.3. The Hall–Kier alpha value is -2.37. The number of halogens is 1. The molecule has 1 N–H and O–H groups in total. The first-order chi connectivity index (χ1) is 11.1. The fourth-order valence-corrected chi connectivity index (χ4v) is 2.95. The van der Waals surface area contributed by atoms with E-state index in [9.17, 15) is 4.79 Å². The van der Waals surface area contributed by atoms with Gasteiger partial charge in [0.25, 0.3) is 0 Å². The van der Waals surface area contributed by atoms with E-state index in [2.05, 4.69) is 4.98 Å². The number of ether oxygens (including phenoxy) is 1. The number of carbonyl (C=O) groups is 1. The Morgan fingerprint density at radius 2 is 1.91 bits per heavy atom. The first-order valence-corrected chi connectivity index (χ1v) is 8.05. The molecular formula is C17H12ClNO3S. The minimum atomic E-state index is -0.958. The Kier molecular flexibility index (Phi) is 4.60. The van der Waals surface area contributed by atoms with Crippen molar-refractivity contribution in [3.05, 3.63) is 69.5 Å². The van der Waals surface area contributed by atoms with Gasteiger partial charge < -0.3 is 9.84 Å². The summed E-state index contributed by atoms with van der Waals surface area (Å²) in [6.07, 6.45) is 0. The topological polar surface area (TPSA) is 59.4 Å². The number of hydrogen-bond acceptors (Lipinski definition) is 4. The largest absolute Gasteiger partial charge is 0.486 e. The Bertz CT molecular complexity index is 830. The molecule has 1 aromatic heterocycles. The summed E-state index contributed by atoms with van der Waals surface area (Å²) in [6.45, 7) is 0.321. The molecule has 23 heavy (non-hydrogen) atoms. The monoisotopic (exact) mass is 345 g/mol. The second-order valence-corrected chi connectivity index (χ2v) is 6.07. The van der Waals surface area contributed by atoms with Crippen LogP contribution in [0.3, 0.4) is 0 Å². The van der Waals surface area contributed by atoms with Crippen LogP contribution in [0.15, 0.2) is 53.9 Å². The number of nitrogens with zero attached hydrogens (tertiary/aromatic N) is 1. The molecule has 0 spiro atoms. The normalized spacial score (nSPS) is 10.5. The predicted molar refractivity (Wildman–Crippen MR) is 90.3 cm³/mol. The van der Waals surface area contributed by atoms with Crippen LogP contribution >= 0.6 is 22.9 Å². The molecule has 116 valence electrons. The summed E-state index contributed by atoms with van der Waals surface area (Å²) in [6, 6.07) is 13.8. The lowest BCUT2D eigenvalue weighted by atomic mass is 10.2. The average molecular weight is 346 g/mol. The molecular weight excluding hydrogens is 334 g/mol. The third-order valence-corrected chi connectivity index (χ3v) is 4.32. The van der Waals surface area contributed by atoms with Crippen molar-refractivity contribution < 1.29 is 14.6 Å². The molecule has 3 rings (SSSR count). The lowest BCUT2D eigenvalue weighted by molar-refractivity contribution is 0.0697. The number of hydrogen-bond donors (Lipinski definition) is 1. The number of carboxylic acids is 1. The van der Waals surface area contributed by atoms with Gasteiger partial charge in [-0.15, -0.1) is 11.3 Å². The molecule has 0 unspecified atom stereocenters. The summed E-state index contributed by atoms with van der Waals surface area (Å²) >= 11 is 7.66. The van der Waals surface area contributed by atoms with Gasteiger partial charge in [-0.1, -0.05) is 29.8 Å². The van der Waals surface area contributed by atoms with Gasteiger partial charge in [0.15, 0.2) is 0 Å². The van der Waals surface area contributed by atoms with Crippen LogP contribution in [0, 0.1) is 0 Å². The quantitative estimate of drug-likeness (QED) is 0.725. The van der Waals surface area contributed by atoms with Crippen molar-refractivity contribution in [2.45, 2.75) is 6.61 Å². The van der Waals surface area contributed by atoms with Crippen molar-refractivity contribution in [2.75, 3.05) is 0 Å². The van der Waals surface area contributed by atoms with E-state index < -0.39 is 5.97 Å². The zero-order chi connectivity index (χ0) is 16.2. The van der Waals surface area contributed by atoms with Crippen molar-refractivity contribution in [2.24, 2.45) is 0 Å². The second-order valence-electron chi connectivity index (χ2n) is 4.72. The van der Waals surface area contributed by atoms with Crippen LogP contribution in [0.5, 0.6) is 5.75 Å². The highest BCUT2D eigenvalue weighted by molar-refractivity contribution is 7.09. The maximum absolute atomic E-state index is 10.8. The van der Waals surface area contributed by atoms with E-state index in [4.69, 9.17) is 21.4 Å². The van der Waals surface area contributed by atoms with Gasteiger partial charge >= 0.3 is 5.97 Å². The highest BCUT2D eigenvalue weighted by Crippen LogP contribution is 2.28. The van der Waals surface area contributed by atoms with Crippen LogP contribution in [0.2, 0.25) is 5.02 Å². The van der Waals surface area contributed by atoms with E-state index in [0.717, 1.165) is 16.3 Å². The number of carboxylic acid groups (broad SMARTS) is 1. The van der Waals surface area contributed by atoms with E-state index in [0.29, 0.717) is 17.4 Å². The molecule has 0 saturated carbocycles. The zero-order valence-corrected chi connectivity index (χ0v) is 13.5. The van der Waals surface area contributed by atoms with E-state index in [1.54, 1.807) is 12.1 Å². The molecule has 0 fully saturated rings. The molecule has 1 heterocycles. The Labute approximate surface area is 142 Å². The summed E-state index contributed by atoms with van der Waals surface area (Å²) in [5.74, 6) is -0.356. The molecule has 3 aromatic rings. The molecule has 6 heteroatoms. The molecule has 0 aliphatic rings. The van der Waals surface area contributed by atoms with Gasteiger partial charge in [0.2, 0.25) is 0 Å². The molecule has 4 nitrogen and oxygen atoms in total. The fourth-order valence-electron chi connectivity index (χ4n) is 2.01. The molecule has 0 amide bonds. The molecule has 2 aromatic carbocycles. The Balaban J connectivity index is 1.68. The molecule has 0 radical (unpaired) electrons. The van der Waals surface area contributed by atoms with Crippen LogP contribution in [-0.2, 0) is 6.61 Å². The van der Waals surface area contributed by atoms with Gasteiger partial charge in [-0.3, -0.25) is 0 Å². The van der Waals surface area contributed by atoms with Gasteiger partial charge in [-0.2, -0.15) is 0 Å². The summed E-state index contributed by atoms with van der Waals surface area (Å²) in [4.78, 5) is 15.3. The molecule has 0 aliphatic carbocycles. The lowest BCUT2D eigenvalue weighted by Crippen LogP contribution is -1.98. The maximum atomic E-state index is 10.8. The second kappa shape index (κ2) is 6.81. The van der Waals surface area contributed by atoms with E-state index >= 15 is 0 Å². The first kappa shape index (κ1) is 15.5. The van der Waals surface area contributed by atoms with Crippen LogP contribution in [0.4, 0.5) is 0 Å². The Morgan fingerprint density at radius 3 is 2.61 bits per heavy atom. The number of aromatic nitrogens is 1. The van der Waals surface area contributed by atoms with Gasteiger partial charge in [0, 0.05) is 16.0 Å². The smallest absolute Gasteiger partial charge is 0.335 e. The molecule has 0 atom stereocenters. The molecule has 0 aliphatic heterocycles. The summed E-state index contributed by atoms with van der Waals surface area (Å²) in [5.41, 5.74) is 1.94. The summed E-state index contributed by atoms with van der Waals surface area (Å²) < 4.78 is 5.63. The lowest BCUT2D eigenvalue weighted by Gasteiger charge is -2.04. The van der Waals surface area contributed by atoms with Gasteiger partial charge in [-0.25, -0.2) is 9.78 Å². The third-order valence-electron chi connectivity index (χ3n) is 3.17. The van der Waals surface area contributed by atoms with E-state index in [1.165, 1.54) is 23.5 Å². The third kappa shape index (κ3) is 3.70. The standard InChI is InChI=1S/C17H12ClNO3S/c18-14-4-2-1-3-13(14)15-10-23-16(19-15)9-22-12-7-5-11(6-8-12)17(20)21/h1-8,10H,9H2,(H,20,21). The van der Waals surface area contributed by atoms with Crippen LogP contribution in [0.1, 0.15) is 15.4 Å². The van der Waals surface area contributed by atoms with Crippen molar-refractivity contribution >= 4 is 28.9 Å². The number of aromatic carboxylic acids is 1. The van der Waals surface area contributed by atoms with Gasteiger partial charge in [0.05, 0.1) is 11.3 Å². The highest BCUT2D eigenvalue weighted by Gasteiger charge is 2.08. The van der Waals surface area contributed by atoms with Crippen LogP contribution < -0.4 is 4.74 Å². The van der Waals surface area contributed by atoms with Crippen molar-refractivity contribution in [3.8, 4) is 17.0 Å². The van der Waals surface area contributed by atoms with Crippen LogP contribution in [0.25, 0.3) is 11.3 Å². The van der Waals surface area contributed by atoms with E-state index in [-0.39, 0.29) is 5.56 Å². The predicted octanol–water partition coefficient (Wildman–Crippen LogP) is 4.74. The maximum Gasteiger partial charge on any atom is 0.335 e. The SMILES string of the molecule is O=C(O)c1ccc(OCc2nc(-c3ccccc3Cl)cs2)cc1. The first-order valence-electron chi connectivity index (χ1n) is 6.79. The minimum Gasteiger partial charge on any atom is -0.486 e. The van der Waals surface area contributed by atoms with Crippen molar-refractivity contribution in [3.63, 3.8) is 0 Å². The fraction of sp³-hybridized carbons (Fsp3) is 0.0588. The number of rotatable bonds is 5. The summed E-state index contributed by atoms with van der Waals surface area (Å²) in [7, 11) is 0. The Morgan fingerprint density at radius 1 is 1.17 bits per heavy atom. The van der Waals surface area contributed by atoms with Crippen LogP contribution in [-0.4, -0.2) is 16.1 Å². The van der Waals surface area contributed by atoms with Crippen molar-refractivity contribution in [1.29, 1.82) is 0 Å². The average Bonchev–Trinajstić information content (AvgIpc) is 3.02. The van der Waals surface area contributed by atoms with Gasteiger partial charge in [-0.05, 0) is 30.3 Å². The van der Waals surface area contributed by atoms with E-state index in [1.807, 2.05) is 29.6 Å². The van der Waals surface area contributed by atoms with Gasteiger partial charge in [0.1, 0.15) is 17.4 Å². The molecule has 0 saturated heterocycles. The minimum absolute atomic E-state index is 0.229. The molecule has 0 bridgehead atoms. The van der Waals surface area contributed by atoms with Crippen molar-refractivity contribution in [1.82, 2.24) is 4.98 Å². The highest BCUT2D eigenvalue weighted by atomic mass is 35.5. The number of thiazole rings is 1. The zero-order valence-electron chi connectivity index (χ0n) is 11.9. The number of benzene rings is 2.